The van der Waals surface area contributed by atoms with Crippen LogP contribution in [-0.4, -0.2) is 9.55 Å². The summed E-state index contributed by atoms with van der Waals surface area (Å²) in [4.78, 5) is 4.05. The van der Waals surface area contributed by atoms with Crippen molar-refractivity contribution in [2.24, 2.45) is 0 Å². The molecular formula is C17H17N3. The SMILES string of the molecule is c1ccc(CNCc2ccc(-n3ccnc3)cc2)cc1. The average Bonchev–Trinajstić information content (AvgIpc) is 3.03. The van der Waals surface area contributed by atoms with Crippen molar-refractivity contribution in [1.29, 1.82) is 0 Å². The van der Waals surface area contributed by atoms with E-state index in [1.807, 2.05) is 23.2 Å². The molecule has 0 amide bonds. The fraction of sp³-hybridized carbons (Fsp3) is 0.118. The summed E-state index contributed by atoms with van der Waals surface area (Å²) in [6, 6.07) is 19.0. The number of aromatic nitrogens is 2. The maximum absolute atomic E-state index is 4.05. The van der Waals surface area contributed by atoms with Crippen LogP contribution in [0.2, 0.25) is 0 Å². The van der Waals surface area contributed by atoms with Crippen molar-refractivity contribution in [3.63, 3.8) is 0 Å². The molecule has 0 spiro atoms. The highest BCUT2D eigenvalue weighted by Gasteiger charge is 1.97. The normalized spacial score (nSPS) is 10.6. The Morgan fingerprint density at radius 1 is 0.850 bits per heavy atom. The van der Waals surface area contributed by atoms with E-state index < -0.39 is 0 Å². The van der Waals surface area contributed by atoms with E-state index in [-0.39, 0.29) is 0 Å². The molecule has 100 valence electrons. The van der Waals surface area contributed by atoms with Gasteiger partial charge in [-0.1, -0.05) is 42.5 Å². The average molecular weight is 263 g/mol. The van der Waals surface area contributed by atoms with Crippen LogP contribution < -0.4 is 5.32 Å². The largest absolute Gasteiger partial charge is 0.309 e. The lowest BCUT2D eigenvalue weighted by molar-refractivity contribution is 0.693. The second-order valence-electron chi connectivity index (χ2n) is 4.73. The van der Waals surface area contributed by atoms with E-state index in [2.05, 4.69) is 58.8 Å². The summed E-state index contributed by atoms with van der Waals surface area (Å²) < 4.78 is 2.00. The molecule has 3 heteroatoms. The van der Waals surface area contributed by atoms with Crippen LogP contribution in [-0.2, 0) is 13.1 Å². The predicted molar refractivity (Wildman–Crippen MR) is 80.5 cm³/mol. The maximum atomic E-state index is 4.05. The lowest BCUT2D eigenvalue weighted by atomic mass is 10.2. The van der Waals surface area contributed by atoms with E-state index in [1.54, 1.807) is 6.20 Å². The van der Waals surface area contributed by atoms with E-state index in [0.29, 0.717) is 0 Å². The molecule has 0 aliphatic rings. The third-order valence-electron chi connectivity index (χ3n) is 3.24. The van der Waals surface area contributed by atoms with Gasteiger partial charge in [0.25, 0.3) is 0 Å². The second kappa shape index (κ2) is 6.17. The number of nitrogens with zero attached hydrogens (tertiary/aromatic N) is 2. The Morgan fingerprint density at radius 2 is 1.55 bits per heavy atom. The fourth-order valence-electron chi connectivity index (χ4n) is 2.14. The first kappa shape index (κ1) is 12.6. The van der Waals surface area contributed by atoms with Crippen LogP contribution in [0.4, 0.5) is 0 Å². The van der Waals surface area contributed by atoms with E-state index in [9.17, 15) is 0 Å². The molecule has 3 rings (SSSR count). The summed E-state index contributed by atoms with van der Waals surface area (Å²) in [6.07, 6.45) is 5.54. The molecule has 0 unspecified atom stereocenters. The van der Waals surface area contributed by atoms with Crippen LogP contribution in [0.3, 0.4) is 0 Å². The summed E-state index contributed by atoms with van der Waals surface area (Å²) >= 11 is 0. The first-order valence-electron chi connectivity index (χ1n) is 6.74. The molecule has 1 heterocycles. The van der Waals surface area contributed by atoms with Crippen molar-refractivity contribution < 1.29 is 0 Å². The number of nitrogens with one attached hydrogen (secondary N) is 1. The van der Waals surface area contributed by atoms with Crippen molar-refractivity contribution in [2.45, 2.75) is 13.1 Å². The van der Waals surface area contributed by atoms with Crippen LogP contribution in [0.5, 0.6) is 0 Å². The number of hydrogen-bond donors (Lipinski definition) is 1. The van der Waals surface area contributed by atoms with Crippen molar-refractivity contribution in [1.82, 2.24) is 14.9 Å². The van der Waals surface area contributed by atoms with Crippen LogP contribution in [0.1, 0.15) is 11.1 Å². The third-order valence-corrected chi connectivity index (χ3v) is 3.24. The molecule has 0 fully saturated rings. The molecular weight excluding hydrogens is 246 g/mol. The zero-order valence-corrected chi connectivity index (χ0v) is 11.2. The Kier molecular flexibility index (Phi) is 3.90. The molecule has 0 bridgehead atoms. The van der Waals surface area contributed by atoms with E-state index in [1.165, 1.54) is 11.1 Å². The predicted octanol–water partition coefficient (Wildman–Crippen LogP) is 3.16. The summed E-state index contributed by atoms with van der Waals surface area (Å²) in [7, 11) is 0. The van der Waals surface area contributed by atoms with Gasteiger partial charge in [0.2, 0.25) is 0 Å². The van der Waals surface area contributed by atoms with Crippen molar-refractivity contribution in [3.8, 4) is 5.69 Å². The van der Waals surface area contributed by atoms with Gasteiger partial charge in [-0.2, -0.15) is 0 Å². The fourth-order valence-corrected chi connectivity index (χ4v) is 2.14. The molecule has 2 aromatic carbocycles. The van der Waals surface area contributed by atoms with Gasteiger partial charge in [-0.15, -0.1) is 0 Å². The maximum Gasteiger partial charge on any atom is 0.0991 e. The Hall–Kier alpha value is -2.39. The number of rotatable bonds is 5. The van der Waals surface area contributed by atoms with Gasteiger partial charge in [0, 0.05) is 31.2 Å². The molecule has 0 aliphatic carbocycles. The number of hydrogen-bond acceptors (Lipinski definition) is 2. The molecule has 1 N–H and O–H groups in total. The van der Waals surface area contributed by atoms with Crippen molar-refractivity contribution >= 4 is 0 Å². The smallest absolute Gasteiger partial charge is 0.0991 e. The molecule has 1 aromatic heterocycles. The molecule has 0 radical (unpaired) electrons. The lowest BCUT2D eigenvalue weighted by Crippen LogP contribution is -2.12. The quantitative estimate of drug-likeness (QED) is 0.766. The minimum atomic E-state index is 0.874. The van der Waals surface area contributed by atoms with Crippen LogP contribution >= 0.6 is 0 Å². The van der Waals surface area contributed by atoms with Crippen molar-refractivity contribution in [2.75, 3.05) is 0 Å². The van der Waals surface area contributed by atoms with Crippen LogP contribution in [0.15, 0.2) is 73.3 Å². The van der Waals surface area contributed by atoms with Gasteiger partial charge in [-0.3, -0.25) is 0 Å². The van der Waals surface area contributed by atoms with E-state index in [0.717, 1.165) is 18.8 Å². The molecule has 0 atom stereocenters. The van der Waals surface area contributed by atoms with E-state index >= 15 is 0 Å². The highest BCUT2D eigenvalue weighted by atomic mass is 15.0. The first-order chi connectivity index (χ1) is 9.92. The zero-order valence-electron chi connectivity index (χ0n) is 11.2. The second-order valence-corrected chi connectivity index (χ2v) is 4.73. The Labute approximate surface area is 118 Å². The van der Waals surface area contributed by atoms with Gasteiger partial charge in [-0.25, -0.2) is 4.98 Å². The van der Waals surface area contributed by atoms with Gasteiger partial charge in [0.05, 0.1) is 6.33 Å². The Balaban J connectivity index is 1.56. The van der Waals surface area contributed by atoms with Crippen LogP contribution in [0, 0.1) is 0 Å². The molecule has 0 saturated heterocycles. The number of imidazole rings is 1. The molecule has 0 saturated carbocycles. The molecule has 20 heavy (non-hydrogen) atoms. The topological polar surface area (TPSA) is 29.9 Å². The van der Waals surface area contributed by atoms with Gasteiger partial charge in [-0.05, 0) is 23.3 Å². The summed E-state index contributed by atoms with van der Waals surface area (Å²) in [5, 5.41) is 3.45. The monoisotopic (exact) mass is 263 g/mol. The lowest BCUT2D eigenvalue weighted by Gasteiger charge is -2.07. The zero-order chi connectivity index (χ0) is 13.6. The third kappa shape index (κ3) is 3.13. The molecule has 3 aromatic rings. The van der Waals surface area contributed by atoms with E-state index in [4.69, 9.17) is 0 Å². The number of benzene rings is 2. The first-order valence-corrected chi connectivity index (χ1v) is 6.74. The molecule has 0 aliphatic heterocycles. The Morgan fingerprint density at radius 3 is 2.20 bits per heavy atom. The van der Waals surface area contributed by atoms with Gasteiger partial charge < -0.3 is 9.88 Å². The highest BCUT2D eigenvalue weighted by Crippen LogP contribution is 2.09. The van der Waals surface area contributed by atoms with Gasteiger partial charge in [0.1, 0.15) is 0 Å². The van der Waals surface area contributed by atoms with Gasteiger partial charge in [0.15, 0.2) is 0 Å². The molecule has 3 nitrogen and oxygen atoms in total. The highest BCUT2D eigenvalue weighted by molar-refractivity contribution is 5.34. The standard InChI is InChI=1S/C17H17N3/c1-2-4-15(5-3-1)12-19-13-16-6-8-17(9-7-16)20-11-10-18-14-20/h1-11,14,19H,12-13H2. The summed E-state index contributed by atoms with van der Waals surface area (Å²) in [6.45, 7) is 1.77. The van der Waals surface area contributed by atoms with Crippen molar-refractivity contribution in [3.05, 3.63) is 84.4 Å². The summed E-state index contributed by atoms with van der Waals surface area (Å²) in [5.74, 6) is 0. The van der Waals surface area contributed by atoms with Gasteiger partial charge >= 0.3 is 0 Å². The van der Waals surface area contributed by atoms with Crippen LogP contribution in [0.25, 0.3) is 5.69 Å². The minimum Gasteiger partial charge on any atom is -0.309 e. The summed E-state index contributed by atoms with van der Waals surface area (Å²) in [5.41, 5.74) is 3.72. The Bertz CT molecular complexity index is 628. The minimum absolute atomic E-state index is 0.874.